The second-order valence-corrected chi connectivity index (χ2v) is 6.71. The van der Waals surface area contributed by atoms with E-state index in [1.54, 1.807) is 16.7 Å². The summed E-state index contributed by atoms with van der Waals surface area (Å²) in [4.78, 5) is 27.4. The summed E-state index contributed by atoms with van der Waals surface area (Å²) in [5, 5.41) is 9.29. The van der Waals surface area contributed by atoms with Gasteiger partial charge in [-0.05, 0) is 25.2 Å². The third-order valence-corrected chi connectivity index (χ3v) is 5.36. The van der Waals surface area contributed by atoms with E-state index in [-0.39, 0.29) is 17.3 Å². The van der Waals surface area contributed by atoms with Crippen LogP contribution < -0.4 is 0 Å². The summed E-state index contributed by atoms with van der Waals surface area (Å²) in [6.45, 7) is 5.60. The fraction of sp³-hybridized carbons (Fsp3) is 0.846. The zero-order valence-corrected chi connectivity index (χ0v) is 12.4. The average molecular weight is 286 g/mol. The normalized spacial score (nSPS) is 27.9. The van der Waals surface area contributed by atoms with E-state index in [2.05, 4.69) is 0 Å². The quantitative estimate of drug-likeness (QED) is 0.844. The highest BCUT2D eigenvalue weighted by Gasteiger charge is 2.44. The standard InChI is InChI=1S/C13H22N2O3S/c1-9(2)11-15(10(8-19-11)12(16)17)13(18)14-6-4-3-5-7-14/h9-11H,3-8H2,1-2H3,(H,16,17). The number of carboxylic acid groups (broad SMARTS) is 1. The molecule has 2 saturated heterocycles. The Kier molecular flexibility index (Phi) is 4.60. The van der Waals surface area contributed by atoms with Gasteiger partial charge >= 0.3 is 12.0 Å². The highest BCUT2D eigenvalue weighted by atomic mass is 32.2. The maximum absolute atomic E-state index is 12.6. The van der Waals surface area contributed by atoms with Crippen molar-refractivity contribution in [2.45, 2.75) is 44.5 Å². The summed E-state index contributed by atoms with van der Waals surface area (Å²) in [5.41, 5.74) is 0. The second-order valence-electron chi connectivity index (χ2n) is 5.56. The number of piperidine rings is 1. The van der Waals surface area contributed by atoms with Gasteiger partial charge in [0.25, 0.3) is 0 Å². The predicted octanol–water partition coefficient (Wildman–Crippen LogP) is 2.08. The molecular weight excluding hydrogens is 264 g/mol. The van der Waals surface area contributed by atoms with Crippen LogP contribution in [0.1, 0.15) is 33.1 Å². The second kappa shape index (κ2) is 6.03. The number of carboxylic acids is 1. The van der Waals surface area contributed by atoms with Crippen molar-refractivity contribution in [3.8, 4) is 0 Å². The van der Waals surface area contributed by atoms with Crippen molar-refractivity contribution in [1.82, 2.24) is 9.80 Å². The maximum atomic E-state index is 12.6. The summed E-state index contributed by atoms with van der Waals surface area (Å²) in [6, 6.07) is -0.761. The lowest BCUT2D eigenvalue weighted by molar-refractivity contribution is -0.141. The Morgan fingerprint density at radius 3 is 2.37 bits per heavy atom. The lowest BCUT2D eigenvalue weighted by Gasteiger charge is -2.36. The van der Waals surface area contributed by atoms with Gasteiger partial charge in [-0.3, -0.25) is 4.90 Å². The minimum absolute atomic E-state index is 0.0180. The number of amides is 2. The van der Waals surface area contributed by atoms with Crippen LogP contribution in [0.4, 0.5) is 4.79 Å². The Hall–Kier alpha value is -0.910. The molecule has 0 spiro atoms. The van der Waals surface area contributed by atoms with E-state index < -0.39 is 12.0 Å². The molecular formula is C13H22N2O3S. The third kappa shape index (κ3) is 2.99. The van der Waals surface area contributed by atoms with Crippen molar-refractivity contribution in [3.63, 3.8) is 0 Å². The zero-order chi connectivity index (χ0) is 14.0. The van der Waals surface area contributed by atoms with Crippen LogP contribution in [0.5, 0.6) is 0 Å². The average Bonchev–Trinajstić information content (AvgIpc) is 2.83. The highest BCUT2D eigenvalue weighted by molar-refractivity contribution is 8.00. The minimum atomic E-state index is -0.888. The van der Waals surface area contributed by atoms with Crippen molar-refractivity contribution in [2.24, 2.45) is 5.92 Å². The Morgan fingerprint density at radius 2 is 1.84 bits per heavy atom. The first-order valence-electron chi connectivity index (χ1n) is 6.94. The Labute approximate surface area is 118 Å². The fourth-order valence-electron chi connectivity index (χ4n) is 2.72. The Morgan fingerprint density at radius 1 is 1.21 bits per heavy atom. The van der Waals surface area contributed by atoms with Gasteiger partial charge in [0.05, 0.1) is 5.37 Å². The van der Waals surface area contributed by atoms with E-state index >= 15 is 0 Å². The highest BCUT2D eigenvalue weighted by Crippen LogP contribution is 2.35. The molecule has 108 valence electrons. The third-order valence-electron chi connectivity index (χ3n) is 3.74. The summed E-state index contributed by atoms with van der Waals surface area (Å²) >= 11 is 1.58. The monoisotopic (exact) mass is 286 g/mol. The number of hydrogen-bond donors (Lipinski definition) is 1. The van der Waals surface area contributed by atoms with Gasteiger partial charge < -0.3 is 10.0 Å². The van der Waals surface area contributed by atoms with Gasteiger partial charge in [0, 0.05) is 18.8 Å². The first-order chi connectivity index (χ1) is 9.02. The molecule has 0 aromatic carbocycles. The molecule has 2 rings (SSSR count). The molecule has 0 aromatic heterocycles. The van der Waals surface area contributed by atoms with Crippen molar-refractivity contribution in [1.29, 1.82) is 0 Å². The SMILES string of the molecule is CC(C)C1SCC(C(=O)O)N1C(=O)N1CCCCC1. The smallest absolute Gasteiger partial charge is 0.327 e. The van der Waals surface area contributed by atoms with E-state index in [1.807, 2.05) is 18.7 Å². The number of urea groups is 1. The molecule has 2 fully saturated rings. The largest absolute Gasteiger partial charge is 0.480 e. The first-order valence-corrected chi connectivity index (χ1v) is 7.99. The zero-order valence-electron chi connectivity index (χ0n) is 11.5. The Bertz CT molecular complexity index is 356. The molecule has 2 atom stereocenters. The molecule has 0 radical (unpaired) electrons. The van der Waals surface area contributed by atoms with Crippen LogP contribution in [0.15, 0.2) is 0 Å². The number of likely N-dealkylation sites (tertiary alicyclic amines) is 1. The molecule has 1 N–H and O–H groups in total. The van der Waals surface area contributed by atoms with Crippen LogP contribution in [-0.4, -0.2) is 57.2 Å². The molecule has 2 aliphatic heterocycles. The van der Waals surface area contributed by atoms with Crippen molar-refractivity contribution in [3.05, 3.63) is 0 Å². The van der Waals surface area contributed by atoms with Crippen LogP contribution in [-0.2, 0) is 4.79 Å². The molecule has 0 aliphatic carbocycles. The summed E-state index contributed by atoms with van der Waals surface area (Å²) in [5.74, 6) is -0.123. The maximum Gasteiger partial charge on any atom is 0.327 e. The minimum Gasteiger partial charge on any atom is -0.480 e. The van der Waals surface area contributed by atoms with Gasteiger partial charge in [0.2, 0.25) is 0 Å². The molecule has 6 heteroatoms. The number of carbonyl (C=O) groups is 2. The van der Waals surface area contributed by atoms with Crippen LogP contribution in [0, 0.1) is 5.92 Å². The van der Waals surface area contributed by atoms with E-state index in [9.17, 15) is 14.7 Å². The summed E-state index contributed by atoms with van der Waals surface area (Å²) in [7, 11) is 0. The summed E-state index contributed by atoms with van der Waals surface area (Å²) in [6.07, 6.45) is 3.21. The van der Waals surface area contributed by atoms with Crippen molar-refractivity contribution >= 4 is 23.8 Å². The van der Waals surface area contributed by atoms with E-state index in [4.69, 9.17) is 0 Å². The number of carbonyl (C=O) groups excluding carboxylic acids is 1. The molecule has 0 bridgehead atoms. The van der Waals surface area contributed by atoms with Crippen LogP contribution in [0.3, 0.4) is 0 Å². The summed E-state index contributed by atoms with van der Waals surface area (Å²) < 4.78 is 0. The van der Waals surface area contributed by atoms with Crippen molar-refractivity contribution in [2.75, 3.05) is 18.8 Å². The molecule has 2 aliphatic rings. The van der Waals surface area contributed by atoms with Gasteiger partial charge in [-0.2, -0.15) is 0 Å². The molecule has 0 aromatic rings. The van der Waals surface area contributed by atoms with E-state index in [0.29, 0.717) is 5.75 Å². The Balaban J connectivity index is 2.15. The van der Waals surface area contributed by atoms with Crippen LogP contribution >= 0.6 is 11.8 Å². The molecule has 0 saturated carbocycles. The molecule has 2 amide bonds. The number of thioether (sulfide) groups is 1. The number of aliphatic carboxylic acids is 1. The van der Waals surface area contributed by atoms with Crippen LogP contribution in [0.25, 0.3) is 0 Å². The van der Waals surface area contributed by atoms with Crippen LogP contribution in [0.2, 0.25) is 0 Å². The van der Waals surface area contributed by atoms with Gasteiger partial charge in [-0.25, -0.2) is 9.59 Å². The first kappa shape index (κ1) is 14.5. The van der Waals surface area contributed by atoms with Gasteiger partial charge in [-0.1, -0.05) is 13.8 Å². The van der Waals surface area contributed by atoms with E-state index in [1.165, 1.54) is 0 Å². The number of hydrogen-bond acceptors (Lipinski definition) is 3. The molecule has 5 nitrogen and oxygen atoms in total. The van der Waals surface area contributed by atoms with Gasteiger partial charge in [0.1, 0.15) is 6.04 Å². The fourth-order valence-corrected chi connectivity index (χ4v) is 4.19. The lowest BCUT2D eigenvalue weighted by Crippen LogP contribution is -2.53. The predicted molar refractivity (Wildman–Crippen MR) is 75.2 cm³/mol. The van der Waals surface area contributed by atoms with Gasteiger partial charge in [-0.15, -0.1) is 11.8 Å². The lowest BCUT2D eigenvalue weighted by atomic mass is 10.1. The van der Waals surface area contributed by atoms with E-state index in [0.717, 1.165) is 32.4 Å². The van der Waals surface area contributed by atoms with Crippen molar-refractivity contribution < 1.29 is 14.7 Å². The number of nitrogens with zero attached hydrogens (tertiary/aromatic N) is 2. The molecule has 19 heavy (non-hydrogen) atoms. The molecule has 2 unspecified atom stereocenters. The number of rotatable bonds is 2. The topological polar surface area (TPSA) is 60.9 Å². The molecule has 2 heterocycles. The van der Waals surface area contributed by atoms with Gasteiger partial charge in [0.15, 0.2) is 0 Å².